The average Bonchev–Trinajstić information content (AvgIpc) is 2.70. The molecule has 5 heteroatoms. The molecule has 0 saturated heterocycles. The number of hydrogen-bond acceptors (Lipinski definition) is 3. The van der Waals surface area contributed by atoms with Crippen molar-refractivity contribution >= 4 is 5.97 Å². The van der Waals surface area contributed by atoms with E-state index in [9.17, 15) is 4.79 Å². The molecule has 0 atom stereocenters. The van der Waals surface area contributed by atoms with Gasteiger partial charge in [0, 0.05) is 25.0 Å². The molecule has 1 N–H and O–H groups in total. The molecule has 5 nitrogen and oxygen atoms in total. The van der Waals surface area contributed by atoms with Gasteiger partial charge in [-0.2, -0.15) is 0 Å². The predicted octanol–water partition coefficient (Wildman–Crippen LogP) is 1.38. The molecule has 0 radical (unpaired) electrons. The fourth-order valence-corrected chi connectivity index (χ4v) is 1.25. The maximum atomic E-state index is 10.7. The molecule has 2 aromatic heterocycles. The first-order valence-electron chi connectivity index (χ1n) is 3.97. The molecule has 0 aliphatic heterocycles. The van der Waals surface area contributed by atoms with Crippen molar-refractivity contribution in [2.45, 2.75) is 0 Å². The lowest BCUT2D eigenvalue weighted by Crippen LogP contribution is -1.96. The smallest absolute Gasteiger partial charge is 0.374 e. The summed E-state index contributed by atoms with van der Waals surface area (Å²) in [7, 11) is 1.85. The number of hydrogen-bond donors (Lipinski definition) is 1. The second-order valence-corrected chi connectivity index (χ2v) is 2.90. The summed E-state index contributed by atoms with van der Waals surface area (Å²) in [5.74, 6) is -1.24. The van der Waals surface area contributed by atoms with E-state index in [0.717, 1.165) is 12.0 Å². The largest absolute Gasteiger partial charge is 0.475 e. The van der Waals surface area contributed by atoms with E-state index in [2.05, 4.69) is 4.98 Å². The minimum Gasteiger partial charge on any atom is -0.475 e. The van der Waals surface area contributed by atoms with Crippen LogP contribution in [0.5, 0.6) is 0 Å². The fraction of sp³-hybridized carbons (Fsp3) is 0.111. The summed E-state index contributed by atoms with van der Waals surface area (Å²) in [6.45, 7) is 0. The van der Waals surface area contributed by atoms with Crippen LogP contribution in [0.1, 0.15) is 10.6 Å². The Bertz CT molecular complexity index is 470. The molecule has 0 unspecified atom stereocenters. The quantitative estimate of drug-likeness (QED) is 0.780. The molecular formula is C9H8N2O3. The first kappa shape index (κ1) is 8.55. The third-order valence-corrected chi connectivity index (χ3v) is 1.87. The zero-order valence-corrected chi connectivity index (χ0v) is 7.47. The molecule has 0 saturated carbocycles. The number of carbonyl (C=O) groups is 1. The molecule has 14 heavy (non-hydrogen) atoms. The standard InChI is InChI=1S/C9H8N2O3/c1-11-3-2-6(4-11)7-8(9(12)13)14-5-10-7/h2-5H,1H3,(H,12,13). The Hall–Kier alpha value is -2.04. The molecule has 0 amide bonds. The van der Waals surface area contributed by atoms with Crippen LogP contribution in [0.4, 0.5) is 0 Å². The average molecular weight is 192 g/mol. The summed E-state index contributed by atoms with van der Waals surface area (Å²) in [6.07, 6.45) is 4.73. The highest BCUT2D eigenvalue weighted by Crippen LogP contribution is 2.21. The van der Waals surface area contributed by atoms with Gasteiger partial charge in [0.05, 0.1) is 0 Å². The van der Waals surface area contributed by atoms with Gasteiger partial charge in [-0.3, -0.25) is 0 Å². The van der Waals surface area contributed by atoms with Gasteiger partial charge >= 0.3 is 5.97 Å². The number of nitrogens with zero attached hydrogens (tertiary/aromatic N) is 2. The Labute approximate surface area is 79.6 Å². The summed E-state index contributed by atoms with van der Waals surface area (Å²) >= 11 is 0. The second-order valence-electron chi connectivity index (χ2n) is 2.90. The van der Waals surface area contributed by atoms with Crippen molar-refractivity contribution in [2.75, 3.05) is 0 Å². The van der Waals surface area contributed by atoms with Gasteiger partial charge in [0.1, 0.15) is 5.69 Å². The van der Waals surface area contributed by atoms with Crippen LogP contribution < -0.4 is 0 Å². The van der Waals surface area contributed by atoms with Crippen LogP contribution in [0.3, 0.4) is 0 Å². The molecule has 2 heterocycles. The summed E-state index contributed by atoms with van der Waals surface area (Å²) in [4.78, 5) is 14.6. The molecule has 2 rings (SSSR count). The van der Waals surface area contributed by atoms with Gasteiger partial charge in [0.15, 0.2) is 6.39 Å². The fourth-order valence-electron chi connectivity index (χ4n) is 1.25. The van der Waals surface area contributed by atoms with E-state index < -0.39 is 5.97 Å². The highest BCUT2D eigenvalue weighted by molar-refractivity contribution is 5.91. The van der Waals surface area contributed by atoms with Crippen molar-refractivity contribution in [2.24, 2.45) is 7.05 Å². The van der Waals surface area contributed by atoms with E-state index in [0.29, 0.717) is 5.69 Å². The molecule has 0 aliphatic carbocycles. The maximum absolute atomic E-state index is 10.7. The zero-order valence-electron chi connectivity index (χ0n) is 7.47. The summed E-state index contributed by atoms with van der Waals surface area (Å²) < 4.78 is 6.58. The summed E-state index contributed by atoms with van der Waals surface area (Å²) in [5.41, 5.74) is 1.09. The van der Waals surface area contributed by atoms with Crippen molar-refractivity contribution < 1.29 is 14.3 Å². The number of aryl methyl sites for hydroxylation is 1. The molecule has 0 fully saturated rings. The van der Waals surface area contributed by atoms with E-state index in [-0.39, 0.29) is 5.76 Å². The summed E-state index contributed by atoms with van der Waals surface area (Å²) in [5, 5.41) is 8.78. The lowest BCUT2D eigenvalue weighted by Gasteiger charge is -1.92. The van der Waals surface area contributed by atoms with E-state index in [4.69, 9.17) is 9.52 Å². The Morgan fingerprint density at radius 3 is 3.00 bits per heavy atom. The van der Waals surface area contributed by atoms with Gasteiger partial charge in [0.25, 0.3) is 0 Å². The number of aromatic nitrogens is 2. The lowest BCUT2D eigenvalue weighted by molar-refractivity contribution is 0.0663. The molecule has 72 valence electrons. The van der Waals surface area contributed by atoms with Crippen molar-refractivity contribution in [1.29, 1.82) is 0 Å². The van der Waals surface area contributed by atoms with Gasteiger partial charge < -0.3 is 14.1 Å². The topological polar surface area (TPSA) is 68.3 Å². The third-order valence-electron chi connectivity index (χ3n) is 1.87. The maximum Gasteiger partial charge on any atom is 0.374 e. The van der Waals surface area contributed by atoms with Crippen LogP contribution in [0, 0.1) is 0 Å². The molecule has 2 aromatic rings. The van der Waals surface area contributed by atoms with E-state index in [1.165, 1.54) is 0 Å². The van der Waals surface area contributed by atoms with Gasteiger partial charge in [-0.1, -0.05) is 0 Å². The first-order chi connectivity index (χ1) is 6.68. The molecular weight excluding hydrogens is 184 g/mol. The van der Waals surface area contributed by atoms with Gasteiger partial charge in [0.2, 0.25) is 5.76 Å². The highest BCUT2D eigenvalue weighted by atomic mass is 16.4. The van der Waals surface area contributed by atoms with E-state index >= 15 is 0 Å². The Morgan fingerprint density at radius 1 is 1.64 bits per heavy atom. The van der Waals surface area contributed by atoms with Gasteiger partial charge in [-0.25, -0.2) is 9.78 Å². The van der Waals surface area contributed by atoms with Crippen LogP contribution in [0.15, 0.2) is 29.3 Å². The lowest BCUT2D eigenvalue weighted by atomic mass is 10.2. The number of aromatic carboxylic acids is 1. The SMILES string of the molecule is Cn1ccc(-c2ncoc2C(=O)O)c1. The highest BCUT2D eigenvalue weighted by Gasteiger charge is 2.17. The Morgan fingerprint density at radius 2 is 2.43 bits per heavy atom. The molecule has 0 spiro atoms. The Kier molecular flexibility index (Phi) is 1.85. The third kappa shape index (κ3) is 1.28. The van der Waals surface area contributed by atoms with Crippen LogP contribution in [0.2, 0.25) is 0 Å². The normalized spacial score (nSPS) is 10.4. The van der Waals surface area contributed by atoms with Crippen molar-refractivity contribution in [1.82, 2.24) is 9.55 Å². The first-order valence-corrected chi connectivity index (χ1v) is 3.97. The van der Waals surface area contributed by atoms with Crippen molar-refractivity contribution in [3.05, 3.63) is 30.6 Å². The molecule has 0 aromatic carbocycles. The van der Waals surface area contributed by atoms with Crippen LogP contribution in [-0.4, -0.2) is 20.6 Å². The number of rotatable bonds is 2. The van der Waals surface area contributed by atoms with E-state index in [1.807, 2.05) is 17.8 Å². The number of carboxylic acids is 1. The van der Waals surface area contributed by atoms with Crippen molar-refractivity contribution in [3.63, 3.8) is 0 Å². The minimum atomic E-state index is -1.11. The number of oxazole rings is 1. The van der Waals surface area contributed by atoms with E-state index in [1.54, 1.807) is 12.3 Å². The predicted molar refractivity (Wildman–Crippen MR) is 47.9 cm³/mol. The van der Waals surface area contributed by atoms with Gasteiger partial charge in [-0.05, 0) is 6.07 Å². The zero-order chi connectivity index (χ0) is 10.1. The van der Waals surface area contributed by atoms with Crippen molar-refractivity contribution in [3.8, 4) is 11.3 Å². The number of carboxylic acid groups (broad SMARTS) is 1. The van der Waals surface area contributed by atoms with Crippen LogP contribution >= 0.6 is 0 Å². The second kappa shape index (κ2) is 3.02. The molecule has 0 aliphatic rings. The monoisotopic (exact) mass is 192 g/mol. The Balaban J connectivity index is 2.51. The van der Waals surface area contributed by atoms with Gasteiger partial charge in [-0.15, -0.1) is 0 Å². The van der Waals surface area contributed by atoms with Crippen LogP contribution in [0.25, 0.3) is 11.3 Å². The minimum absolute atomic E-state index is 0.129. The molecule has 0 bridgehead atoms. The van der Waals surface area contributed by atoms with Crippen LogP contribution in [-0.2, 0) is 7.05 Å². The summed E-state index contributed by atoms with van der Waals surface area (Å²) in [6, 6.07) is 1.78.